The molecule has 1 atom stereocenters. The van der Waals surface area contributed by atoms with Gasteiger partial charge in [0.2, 0.25) is 10.0 Å². The molecule has 1 rings (SSSR count). The molecule has 0 aliphatic carbocycles. The van der Waals surface area contributed by atoms with Crippen LogP contribution < -0.4 is 5.32 Å². The largest absolute Gasteiger partial charge is 0.317 e. The zero-order valence-electron chi connectivity index (χ0n) is 12.6. The quantitative estimate of drug-likeness (QED) is 0.670. The van der Waals surface area contributed by atoms with Crippen LogP contribution in [0.4, 0.5) is 0 Å². The molecule has 114 valence electrons. The van der Waals surface area contributed by atoms with Crippen molar-refractivity contribution < 1.29 is 8.42 Å². The molecular weight excluding hydrogens is 262 g/mol. The normalized spacial score (nSPS) is 22.8. The van der Waals surface area contributed by atoms with Gasteiger partial charge in [0, 0.05) is 25.7 Å². The molecule has 0 aromatic rings. The van der Waals surface area contributed by atoms with Crippen molar-refractivity contribution in [3.05, 3.63) is 0 Å². The molecule has 0 bridgehead atoms. The number of piperazine rings is 1. The molecule has 5 nitrogen and oxygen atoms in total. The molecule has 1 heterocycles. The molecule has 0 aromatic heterocycles. The van der Waals surface area contributed by atoms with Crippen molar-refractivity contribution in [2.75, 3.05) is 45.0 Å². The molecular formula is C13H29N3O2S. The number of hydrogen-bond donors (Lipinski definition) is 1. The molecule has 1 fully saturated rings. The first kappa shape index (κ1) is 16.9. The van der Waals surface area contributed by atoms with Gasteiger partial charge in [-0.3, -0.25) is 4.90 Å². The fourth-order valence-corrected chi connectivity index (χ4v) is 4.06. The Hall–Kier alpha value is -0.170. The van der Waals surface area contributed by atoms with E-state index in [0.717, 1.165) is 32.6 Å². The lowest BCUT2D eigenvalue weighted by atomic mass is 10.2. The maximum atomic E-state index is 12.2. The fourth-order valence-electron chi connectivity index (χ4n) is 2.49. The van der Waals surface area contributed by atoms with E-state index < -0.39 is 10.0 Å². The summed E-state index contributed by atoms with van der Waals surface area (Å²) in [5.74, 6) is 0.266. The van der Waals surface area contributed by atoms with E-state index in [-0.39, 0.29) is 5.75 Å². The van der Waals surface area contributed by atoms with Crippen LogP contribution in [0, 0.1) is 0 Å². The highest BCUT2D eigenvalue weighted by Gasteiger charge is 2.29. The third-order valence-electron chi connectivity index (χ3n) is 3.71. The summed E-state index contributed by atoms with van der Waals surface area (Å²) < 4.78 is 26.1. The van der Waals surface area contributed by atoms with Gasteiger partial charge in [-0.2, -0.15) is 4.31 Å². The van der Waals surface area contributed by atoms with Crippen LogP contribution in [0.25, 0.3) is 0 Å². The molecule has 0 saturated carbocycles. The van der Waals surface area contributed by atoms with Crippen molar-refractivity contribution in [3.8, 4) is 0 Å². The van der Waals surface area contributed by atoms with Gasteiger partial charge in [0.05, 0.1) is 5.75 Å². The van der Waals surface area contributed by atoms with Crippen LogP contribution in [0.15, 0.2) is 0 Å². The summed E-state index contributed by atoms with van der Waals surface area (Å²) in [6.07, 6.45) is 1.79. The monoisotopic (exact) mass is 291 g/mol. The van der Waals surface area contributed by atoms with Crippen molar-refractivity contribution in [2.45, 2.75) is 39.7 Å². The molecule has 1 N–H and O–H groups in total. The summed E-state index contributed by atoms with van der Waals surface area (Å²) in [5, 5.41) is 3.24. The van der Waals surface area contributed by atoms with Crippen LogP contribution in [-0.2, 0) is 10.0 Å². The van der Waals surface area contributed by atoms with E-state index in [2.05, 4.69) is 31.0 Å². The Labute approximate surface area is 118 Å². The Morgan fingerprint density at radius 3 is 2.53 bits per heavy atom. The second-order valence-electron chi connectivity index (χ2n) is 5.26. The fraction of sp³-hybridized carbons (Fsp3) is 1.00. The first-order chi connectivity index (χ1) is 9.01. The molecule has 1 unspecified atom stereocenters. The van der Waals surface area contributed by atoms with Crippen molar-refractivity contribution in [1.29, 1.82) is 0 Å². The Morgan fingerprint density at radius 1 is 1.21 bits per heavy atom. The average Bonchev–Trinajstić information content (AvgIpc) is 2.38. The number of nitrogens with one attached hydrogen (secondary N) is 1. The van der Waals surface area contributed by atoms with Crippen molar-refractivity contribution in [2.24, 2.45) is 0 Å². The summed E-state index contributed by atoms with van der Waals surface area (Å²) in [4.78, 5) is 2.33. The van der Waals surface area contributed by atoms with Gasteiger partial charge in [-0.05, 0) is 39.4 Å². The van der Waals surface area contributed by atoms with Gasteiger partial charge in [0.25, 0.3) is 0 Å². The maximum absolute atomic E-state index is 12.2. The molecule has 0 radical (unpaired) electrons. The SMILES string of the molecule is CCCNCCCS(=O)(=O)N1CCN(CC)C(C)C1. The van der Waals surface area contributed by atoms with Crippen LogP contribution in [0.1, 0.15) is 33.6 Å². The summed E-state index contributed by atoms with van der Waals surface area (Å²) in [6.45, 7) is 11.2. The Morgan fingerprint density at radius 2 is 1.95 bits per heavy atom. The minimum atomic E-state index is -3.07. The van der Waals surface area contributed by atoms with Crippen LogP contribution in [0.2, 0.25) is 0 Å². The highest BCUT2D eigenvalue weighted by molar-refractivity contribution is 7.89. The first-order valence-corrected chi connectivity index (χ1v) is 9.04. The van der Waals surface area contributed by atoms with Crippen LogP contribution in [0.3, 0.4) is 0 Å². The summed E-state index contributed by atoms with van der Waals surface area (Å²) >= 11 is 0. The summed E-state index contributed by atoms with van der Waals surface area (Å²) in [5.41, 5.74) is 0. The average molecular weight is 291 g/mol. The molecule has 1 aliphatic heterocycles. The third-order valence-corrected chi connectivity index (χ3v) is 5.63. The van der Waals surface area contributed by atoms with E-state index >= 15 is 0 Å². The lowest BCUT2D eigenvalue weighted by Crippen LogP contribution is -2.53. The molecule has 0 spiro atoms. The van der Waals surface area contributed by atoms with Crippen LogP contribution in [-0.4, -0.2) is 68.7 Å². The van der Waals surface area contributed by atoms with Crippen molar-refractivity contribution >= 4 is 10.0 Å². The van der Waals surface area contributed by atoms with Gasteiger partial charge in [0.1, 0.15) is 0 Å². The molecule has 6 heteroatoms. The van der Waals surface area contributed by atoms with E-state index in [4.69, 9.17) is 0 Å². The van der Waals surface area contributed by atoms with Gasteiger partial charge in [0.15, 0.2) is 0 Å². The Bertz CT molecular complexity index is 346. The standard InChI is InChI=1S/C13H29N3O2S/c1-4-7-14-8-6-11-19(17,18)16-10-9-15(5-2)13(3)12-16/h13-14H,4-12H2,1-3H3. The van der Waals surface area contributed by atoms with E-state index in [1.54, 1.807) is 4.31 Å². The highest BCUT2D eigenvalue weighted by Crippen LogP contribution is 2.13. The number of sulfonamides is 1. The van der Waals surface area contributed by atoms with Crippen LogP contribution in [0.5, 0.6) is 0 Å². The van der Waals surface area contributed by atoms with Gasteiger partial charge < -0.3 is 5.32 Å². The summed E-state index contributed by atoms with van der Waals surface area (Å²) in [7, 11) is -3.07. The minimum absolute atomic E-state index is 0.266. The van der Waals surface area contributed by atoms with E-state index in [1.165, 1.54) is 0 Å². The Kier molecular flexibility index (Phi) is 7.28. The molecule has 19 heavy (non-hydrogen) atoms. The van der Waals surface area contributed by atoms with Crippen molar-refractivity contribution in [3.63, 3.8) is 0 Å². The van der Waals surface area contributed by atoms with E-state index in [1.807, 2.05) is 0 Å². The van der Waals surface area contributed by atoms with Gasteiger partial charge in [-0.15, -0.1) is 0 Å². The molecule has 0 amide bonds. The number of nitrogens with zero attached hydrogens (tertiary/aromatic N) is 2. The second kappa shape index (κ2) is 8.19. The molecule has 1 aliphatic rings. The Balaban J connectivity index is 2.37. The summed E-state index contributed by atoms with van der Waals surface area (Å²) in [6, 6.07) is 0.326. The lowest BCUT2D eigenvalue weighted by molar-refractivity contribution is 0.135. The highest BCUT2D eigenvalue weighted by atomic mass is 32.2. The maximum Gasteiger partial charge on any atom is 0.214 e. The minimum Gasteiger partial charge on any atom is -0.317 e. The van der Waals surface area contributed by atoms with Gasteiger partial charge in [-0.25, -0.2) is 8.42 Å². The van der Waals surface area contributed by atoms with Crippen LogP contribution >= 0.6 is 0 Å². The third kappa shape index (κ3) is 5.38. The number of likely N-dealkylation sites (N-methyl/N-ethyl adjacent to an activating group) is 1. The zero-order valence-corrected chi connectivity index (χ0v) is 13.4. The smallest absolute Gasteiger partial charge is 0.214 e. The van der Waals surface area contributed by atoms with Gasteiger partial charge >= 0.3 is 0 Å². The van der Waals surface area contributed by atoms with E-state index in [0.29, 0.717) is 25.6 Å². The van der Waals surface area contributed by atoms with Gasteiger partial charge in [-0.1, -0.05) is 13.8 Å². The van der Waals surface area contributed by atoms with Crippen molar-refractivity contribution in [1.82, 2.24) is 14.5 Å². The van der Waals surface area contributed by atoms with E-state index in [9.17, 15) is 8.42 Å². The predicted octanol–water partition coefficient (Wildman–Crippen LogP) is 0.732. The molecule has 0 aromatic carbocycles. The number of rotatable bonds is 8. The number of hydrogen-bond acceptors (Lipinski definition) is 4. The zero-order chi connectivity index (χ0) is 14.3. The first-order valence-electron chi connectivity index (χ1n) is 7.43. The second-order valence-corrected chi connectivity index (χ2v) is 7.34. The predicted molar refractivity (Wildman–Crippen MR) is 79.8 cm³/mol. The lowest BCUT2D eigenvalue weighted by Gasteiger charge is -2.38. The topological polar surface area (TPSA) is 52.7 Å². The molecule has 1 saturated heterocycles.